The fourth-order valence-corrected chi connectivity index (χ4v) is 2.85. The van der Waals surface area contributed by atoms with Crippen molar-refractivity contribution >= 4 is 27.5 Å². The van der Waals surface area contributed by atoms with E-state index < -0.39 is 0 Å². The fourth-order valence-electron chi connectivity index (χ4n) is 2.41. The van der Waals surface area contributed by atoms with E-state index in [0.717, 1.165) is 28.9 Å². The van der Waals surface area contributed by atoms with Crippen molar-refractivity contribution in [3.05, 3.63) is 68.7 Å². The molecule has 1 nitrogen and oxygen atoms in total. The van der Waals surface area contributed by atoms with Gasteiger partial charge in [0.05, 0.1) is 5.02 Å². The van der Waals surface area contributed by atoms with Gasteiger partial charge < -0.3 is 5.32 Å². The lowest BCUT2D eigenvalue weighted by Gasteiger charge is -2.20. The summed E-state index contributed by atoms with van der Waals surface area (Å²) < 4.78 is 0.943. The van der Waals surface area contributed by atoms with Crippen LogP contribution in [0.4, 0.5) is 0 Å². The predicted octanol–water partition coefficient (Wildman–Crippen LogP) is 5.69. The van der Waals surface area contributed by atoms with Crippen LogP contribution in [0, 0.1) is 6.92 Å². The summed E-state index contributed by atoms with van der Waals surface area (Å²) in [6.45, 7) is 5.36. The van der Waals surface area contributed by atoms with Gasteiger partial charge >= 0.3 is 0 Å². The summed E-state index contributed by atoms with van der Waals surface area (Å²) in [7, 11) is 0. The van der Waals surface area contributed by atoms with Gasteiger partial charge in [0.15, 0.2) is 0 Å². The topological polar surface area (TPSA) is 12.0 Å². The Bertz CT molecular complexity index is 598. The zero-order valence-corrected chi connectivity index (χ0v) is 14.8. The number of nitrogens with one attached hydrogen (secondary N) is 1. The number of aryl methyl sites for hydroxylation is 1. The van der Waals surface area contributed by atoms with Crippen LogP contribution in [0.3, 0.4) is 0 Å². The molecule has 0 fully saturated rings. The van der Waals surface area contributed by atoms with E-state index in [0.29, 0.717) is 0 Å². The molecule has 3 heteroatoms. The van der Waals surface area contributed by atoms with Crippen molar-refractivity contribution in [1.82, 2.24) is 5.32 Å². The molecule has 0 aromatic heterocycles. The van der Waals surface area contributed by atoms with Crippen molar-refractivity contribution in [3.8, 4) is 0 Å². The van der Waals surface area contributed by atoms with Crippen LogP contribution in [0.5, 0.6) is 0 Å². The molecule has 0 spiro atoms. The van der Waals surface area contributed by atoms with Gasteiger partial charge in [-0.1, -0.05) is 48.9 Å². The first-order valence-electron chi connectivity index (χ1n) is 7.34. The monoisotopic (exact) mass is 365 g/mol. The lowest BCUT2D eigenvalue weighted by molar-refractivity contribution is 0.528. The second-order valence-corrected chi connectivity index (χ2v) is 6.57. The zero-order chi connectivity index (χ0) is 15.2. The Morgan fingerprint density at radius 2 is 1.95 bits per heavy atom. The Morgan fingerprint density at radius 3 is 2.62 bits per heavy atom. The highest BCUT2D eigenvalue weighted by atomic mass is 79.9. The van der Waals surface area contributed by atoms with Crippen molar-refractivity contribution in [2.45, 2.75) is 32.7 Å². The maximum Gasteiger partial charge on any atom is 0.0551 e. The first-order valence-corrected chi connectivity index (χ1v) is 8.51. The maximum atomic E-state index is 6.25. The van der Waals surface area contributed by atoms with Crippen molar-refractivity contribution < 1.29 is 0 Å². The lowest BCUT2D eigenvalue weighted by atomic mass is 9.96. The lowest BCUT2D eigenvalue weighted by Crippen LogP contribution is -2.24. The SMILES string of the molecule is CCCNC(Cc1ccccc1C)c1ccc(Br)c(Cl)c1. The highest BCUT2D eigenvalue weighted by molar-refractivity contribution is 9.10. The fraction of sp³-hybridized carbons (Fsp3) is 0.333. The van der Waals surface area contributed by atoms with E-state index in [-0.39, 0.29) is 6.04 Å². The molecule has 2 rings (SSSR count). The molecule has 0 aliphatic carbocycles. The van der Waals surface area contributed by atoms with Crippen LogP contribution >= 0.6 is 27.5 Å². The first-order chi connectivity index (χ1) is 10.1. The maximum absolute atomic E-state index is 6.25. The van der Waals surface area contributed by atoms with Crippen LogP contribution in [0.25, 0.3) is 0 Å². The van der Waals surface area contributed by atoms with E-state index in [1.807, 2.05) is 6.07 Å². The van der Waals surface area contributed by atoms with Gasteiger partial charge in [-0.25, -0.2) is 0 Å². The van der Waals surface area contributed by atoms with Gasteiger partial charge in [0, 0.05) is 10.5 Å². The molecule has 0 bridgehead atoms. The standard InChI is InChI=1S/C18H21BrClN/c1-3-10-21-18(12-14-7-5-4-6-13(14)2)15-8-9-16(19)17(20)11-15/h4-9,11,18,21H,3,10,12H2,1-2H3. The second kappa shape index (κ2) is 7.98. The molecule has 1 unspecified atom stereocenters. The molecular weight excluding hydrogens is 346 g/mol. The summed E-state index contributed by atoms with van der Waals surface area (Å²) in [4.78, 5) is 0. The van der Waals surface area contributed by atoms with Crippen LogP contribution in [-0.2, 0) is 6.42 Å². The van der Waals surface area contributed by atoms with Gasteiger partial charge in [0.25, 0.3) is 0 Å². The average Bonchev–Trinajstić information content (AvgIpc) is 2.48. The smallest absolute Gasteiger partial charge is 0.0551 e. The minimum atomic E-state index is 0.289. The van der Waals surface area contributed by atoms with Crippen LogP contribution in [0.2, 0.25) is 5.02 Å². The van der Waals surface area contributed by atoms with Crippen molar-refractivity contribution in [2.75, 3.05) is 6.54 Å². The van der Waals surface area contributed by atoms with E-state index in [9.17, 15) is 0 Å². The molecule has 2 aromatic carbocycles. The number of benzene rings is 2. The van der Waals surface area contributed by atoms with E-state index in [4.69, 9.17) is 11.6 Å². The average molecular weight is 367 g/mol. The Balaban J connectivity index is 2.25. The molecule has 21 heavy (non-hydrogen) atoms. The van der Waals surface area contributed by atoms with Crippen molar-refractivity contribution in [3.63, 3.8) is 0 Å². The Morgan fingerprint density at radius 1 is 1.19 bits per heavy atom. The third kappa shape index (κ3) is 4.57. The second-order valence-electron chi connectivity index (χ2n) is 5.31. The predicted molar refractivity (Wildman–Crippen MR) is 95.1 cm³/mol. The number of hydrogen-bond donors (Lipinski definition) is 1. The molecule has 0 amide bonds. The summed E-state index contributed by atoms with van der Waals surface area (Å²) >= 11 is 9.71. The minimum Gasteiger partial charge on any atom is -0.310 e. The third-order valence-electron chi connectivity index (χ3n) is 3.67. The molecule has 2 aromatic rings. The summed E-state index contributed by atoms with van der Waals surface area (Å²) in [6, 6.07) is 15.1. The quantitative estimate of drug-likeness (QED) is 0.692. The van der Waals surface area contributed by atoms with Gasteiger partial charge in [-0.15, -0.1) is 0 Å². The minimum absolute atomic E-state index is 0.289. The molecule has 0 radical (unpaired) electrons. The molecule has 0 heterocycles. The molecule has 0 saturated heterocycles. The normalized spacial score (nSPS) is 12.4. The Kier molecular flexibility index (Phi) is 6.28. The van der Waals surface area contributed by atoms with Crippen molar-refractivity contribution in [1.29, 1.82) is 0 Å². The Labute approximate surface area is 140 Å². The van der Waals surface area contributed by atoms with Crippen LogP contribution in [0.1, 0.15) is 36.1 Å². The Hall–Kier alpha value is -0.830. The molecule has 1 atom stereocenters. The number of rotatable bonds is 6. The molecule has 0 aliphatic heterocycles. The highest BCUT2D eigenvalue weighted by Gasteiger charge is 2.14. The summed E-state index contributed by atoms with van der Waals surface area (Å²) in [5, 5.41) is 4.40. The first kappa shape index (κ1) is 16.5. The molecular formula is C18H21BrClN. The molecule has 0 aliphatic rings. The third-order valence-corrected chi connectivity index (χ3v) is 4.90. The summed E-state index contributed by atoms with van der Waals surface area (Å²) in [6.07, 6.45) is 2.10. The van der Waals surface area contributed by atoms with Gasteiger partial charge in [0.2, 0.25) is 0 Å². The van der Waals surface area contributed by atoms with Gasteiger partial charge in [-0.2, -0.15) is 0 Å². The van der Waals surface area contributed by atoms with Gasteiger partial charge in [0.1, 0.15) is 0 Å². The molecule has 0 saturated carbocycles. The van der Waals surface area contributed by atoms with E-state index in [1.54, 1.807) is 0 Å². The highest BCUT2D eigenvalue weighted by Crippen LogP contribution is 2.28. The van der Waals surface area contributed by atoms with Gasteiger partial charge in [-0.05, 0) is 71.1 Å². The number of halogens is 2. The summed E-state index contributed by atoms with van der Waals surface area (Å²) in [5.74, 6) is 0. The van der Waals surface area contributed by atoms with Crippen LogP contribution in [0.15, 0.2) is 46.9 Å². The zero-order valence-electron chi connectivity index (χ0n) is 12.5. The van der Waals surface area contributed by atoms with Gasteiger partial charge in [-0.3, -0.25) is 0 Å². The van der Waals surface area contributed by atoms with Crippen molar-refractivity contribution in [2.24, 2.45) is 0 Å². The number of hydrogen-bond acceptors (Lipinski definition) is 1. The van der Waals surface area contributed by atoms with E-state index in [2.05, 4.69) is 71.5 Å². The summed E-state index contributed by atoms with van der Waals surface area (Å²) in [5.41, 5.74) is 3.95. The van der Waals surface area contributed by atoms with E-state index in [1.165, 1.54) is 16.7 Å². The molecule has 1 N–H and O–H groups in total. The van der Waals surface area contributed by atoms with Crippen LogP contribution < -0.4 is 5.32 Å². The van der Waals surface area contributed by atoms with E-state index >= 15 is 0 Å². The van der Waals surface area contributed by atoms with Crippen LogP contribution in [-0.4, -0.2) is 6.54 Å². The molecule has 112 valence electrons. The largest absolute Gasteiger partial charge is 0.310 e.